The van der Waals surface area contributed by atoms with Gasteiger partial charge in [0.2, 0.25) is 0 Å². The summed E-state index contributed by atoms with van der Waals surface area (Å²) in [5.74, 6) is 0.770. The monoisotopic (exact) mass is 371 g/mol. The summed E-state index contributed by atoms with van der Waals surface area (Å²) in [6.45, 7) is 5.22. The van der Waals surface area contributed by atoms with Crippen molar-refractivity contribution >= 4 is 11.6 Å². The van der Waals surface area contributed by atoms with Crippen molar-refractivity contribution in [2.24, 2.45) is 10.7 Å². The SMILES string of the molecule is CCc1cccc(CC)c1NC(N)=NCCc1cc(F)cc2c1OCOC2. The van der Waals surface area contributed by atoms with E-state index in [1.54, 1.807) is 0 Å². The van der Waals surface area contributed by atoms with Crippen LogP contribution in [0.2, 0.25) is 0 Å². The van der Waals surface area contributed by atoms with E-state index in [0.29, 0.717) is 31.3 Å². The number of para-hydroxylation sites is 1. The van der Waals surface area contributed by atoms with E-state index in [1.165, 1.54) is 23.3 Å². The molecule has 0 unspecified atom stereocenters. The predicted molar refractivity (Wildman–Crippen MR) is 106 cm³/mol. The number of hydrogen-bond donors (Lipinski definition) is 2. The number of benzene rings is 2. The normalized spacial score (nSPS) is 13.8. The quantitative estimate of drug-likeness (QED) is 0.599. The van der Waals surface area contributed by atoms with Crippen LogP contribution in [0.25, 0.3) is 0 Å². The van der Waals surface area contributed by atoms with Crippen molar-refractivity contribution in [2.75, 3.05) is 18.7 Å². The molecule has 2 aromatic carbocycles. The molecule has 3 rings (SSSR count). The van der Waals surface area contributed by atoms with E-state index >= 15 is 0 Å². The first kappa shape index (κ1) is 19.2. The molecule has 2 aromatic rings. The molecule has 0 spiro atoms. The second kappa shape index (κ2) is 8.86. The highest BCUT2D eigenvalue weighted by Gasteiger charge is 2.16. The first-order valence-electron chi connectivity index (χ1n) is 9.31. The molecule has 0 aliphatic carbocycles. The summed E-state index contributed by atoms with van der Waals surface area (Å²) in [7, 11) is 0. The number of halogens is 1. The standard InChI is InChI=1S/C21H26FN3O2/c1-3-14-6-5-7-15(4-2)19(14)25-21(23)24-9-8-16-10-18(22)11-17-12-26-13-27-20(16)17/h5-7,10-11H,3-4,8-9,12-13H2,1-2H3,(H3,23,24,25). The molecule has 0 bridgehead atoms. The van der Waals surface area contributed by atoms with Gasteiger partial charge in [0.05, 0.1) is 6.61 Å². The highest BCUT2D eigenvalue weighted by Crippen LogP contribution is 2.29. The number of rotatable bonds is 6. The van der Waals surface area contributed by atoms with Gasteiger partial charge in [-0.25, -0.2) is 4.39 Å². The van der Waals surface area contributed by atoms with E-state index in [9.17, 15) is 4.39 Å². The smallest absolute Gasteiger partial charge is 0.193 e. The number of fused-ring (bicyclic) bond motifs is 1. The number of anilines is 1. The topological polar surface area (TPSA) is 68.9 Å². The Bertz CT molecular complexity index is 814. The molecule has 5 nitrogen and oxygen atoms in total. The van der Waals surface area contributed by atoms with Crippen LogP contribution in [0, 0.1) is 5.82 Å². The minimum atomic E-state index is -0.294. The maximum atomic E-state index is 13.8. The number of hydrogen-bond acceptors (Lipinski definition) is 3. The van der Waals surface area contributed by atoms with Gasteiger partial charge in [-0.15, -0.1) is 0 Å². The largest absolute Gasteiger partial charge is 0.467 e. The van der Waals surface area contributed by atoms with Crippen molar-refractivity contribution < 1.29 is 13.9 Å². The summed E-state index contributed by atoms with van der Waals surface area (Å²) in [5, 5.41) is 3.24. The van der Waals surface area contributed by atoms with Crippen molar-refractivity contribution in [1.82, 2.24) is 0 Å². The van der Waals surface area contributed by atoms with Crippen LogP contribution >= 0.6 is 0 Å². The minimum Gasteiger partial charge on any atom is -0.467 e. The van der Waals surface area contributed by atoms with Gasteiger partial charge in [-0.3, -0.25) is 4.99 Å². The van der Waals surface area contributed by atoms with Gasteiger partial charge < -0.3 is 20.5 Å². The molecule has 0 radical (unpaired) electrons. The number of ether oxygens (including phenoxy) is 2. The molecule has 0 saturated heterocycles. The maximum Gasteiger partial charge on any atom is 0.193 e. The average molecular weight is 371 g/mol. The van der Waals surface area contributed by atoms with E-state index in [0.717, 1.165) is 29.7 Å². The number of aliphatic imine (C=N–C) groups is 1. The third kappa shape index (κ3) is 4.57. The molecule has 0 aromatic heterocycles. The van der Waals surface area contributed by atoms with Crippen LogP contribution in [-0.2, 0) is 30.6 Å². The van der Waals surface area contributed by atoms with Crippen molar-refractivity contribution in [1.29, 1.82) is 0 Å². The maximum absolute atomic E-state index is 13.8. The number of nitrogens with one attached hydrogen (secondary N) is 1. The minimum absolute atomic E-state index is 0.187. The first-order chi connectivity index (χ1) is 13.1. The highest BCUT2D eigenvalue weighted by atomic mass is 19.1. The molecule has 144 valence electrons. The predicted octanol–water partition coefficient (Wildman–Crippen LogP) is 3.79. The summed E-state index contributed by atoms with van der Waals surface area (Å²) >= 11 is 0. The van der Waals surface area contributed by atoms with Crippen LogP contribution in [0.3, 0.4) is 0 Å². The second-order valence-corrected chi connectivity index (χ2v) is 6.46. The molecule has 3 N–H and O–H groups in total. The lowest BCUT2D eigenvalue weighted by Crippen LogP contribution is -2.24. The van der Waals surface area contributed by atoms with Crippen LogP contribution in [0.5, 0.6) is 5.75 Å². The van der Waals surface area contributed by atoms with Gasteiger partial charge in [0, 0.05) is 17.8 Å². The zero-order valence-corrected chi connectivity index (χ0v) is 15.8. The van der Waals surface area contributed by atoms with Crippen molar-refractivity contribution in [3.63, 3.8) is 0 Å². The summed E-state index contributed by atoms with van der Waals surface area (Å²) < 4.78 is 24.6. The zero-order chi connectivity index (χ0) is 19.2. The number of aryl methyl sites for hydroxylation is 2. The lowest BCUT2D eigenvalue weighted by atomic mass is 10.0. The molecule has 6 heteroatoms. The van der Waals surface area contributed by atoms with Crippen LogP contribution in [0.4, 0.5) is 10.1 Å². The fourth-order valence-electron chi connectivity index (χ4n) is 3.31. The Hall–Kier alpha value is -2.60. The molecule has 0 fully saturated rings. The summed E-state index contributed by atoms with van der Waals surface area (Å²) in [4.78, 5) is 4.42. The molecular weight excluding hydrogens is 345 g/mol. The third-order valence-electron chi connectivity index (χ3n) is 4.67. The summed E-state index contributed by atoms with van der Waals surface area (Å²) in [5.41, 5.74) is 11.1. The molecule has 0 atom stereocenters. The molecule has 0 saturated carbocycles. The average Bonchev–Trinajstić information content (AvgIpc) is 2.68. The number of nitrogens with two attached hydrogens (primary N) is 1. The molecular formula is C21H26FN3O2. The Kier molecular flexibility index (Phi) is 6.29. The van der Waals surface area contributed by atoms with E-state index in [1.807, 2.05) is 0 Å². The van der Waals surface area contributed by atoms with Gasteiger partial charge >= 0.3 is 0 Å². The summed E-state index contributed by atoms with van der Waals surface area (Å²) in [6, 6.07) is 9.18. The Morgan fingerprint density at radius 3 is 2.63 bits per heavy atom. The van der Waals surface area contributed by atoms with Gasteiger partial charge in [0.25, 0.3) is 0 Å². The Morgan fingerprint density at radius 2 is 1.93 bits per heavy atom. The van der Waals surface area contributed by atoms with Crippen LogP contribution in [0.15, 0.2) is 35.3 Å². The molecule has 27 heavy (non-hydrogen) atoms. The zero-order valence-electron chi connectivity index (χ0n) is 15.8. The fraction of sp³-hybridized carbons (Fsp3) is 0.381. The number of guanidine groups is 1. The van der Waals surface area contributed by atoms with E-state index in [4.69, 9.17) is 15.2 Å². The van der Waals surface area contributed by atoms with Gasteiger partial charge in [-0.2, -0.15) is 0 Å². The van der Waals surface area contributed by atoms with E-state index in [-0.39, 0.29) is 12.6 Å². The summed E-state index contributed by atoms with van der Waals surface area (Å²) in [6.07, 6.45) is 2.37. The molecule has 1 heterocycles. The third-order valence-corrected chi connectivity index (χ3v) is 4.67. The highest BCUT2D eigenvalue weighted by molar-refractivity contribution is 5.93. The lowest BCUT2D eigenvalue weighted by Gasteiger charge is -2.20. The van der Waals surface area contributed by atoms with E-state index < -0.39 is 0 Å². The van der Waals surface area contributed by atoms with Gasteiger partial charge in [0.1, 0.15) is 11.6 Å². The molecule has 0 amide bonds. The van der Waals surface area contributed by atoms with Gasteiger partial charge in [-0.1, -0.05) is 32.0 Å². The van der Waals surface area contributed by atoms with Crippen molar-refractivity contribution in [3.8, 4) is 5.75 Å². The number of nitrogens with zero attached hydrogens (tertiary/aromatic N) is 1. The van der Waals surface area contributed by atoms with E-state index in [2.05, 4.69) is 42.4 Å². The van der Waals surface area contributed by atoms with Crippen molar-refractivity contribution in [3.05, 3.63) is 58.4 Å². The van der Waals surface area contributed by atoms with Gasteiger partial charge in [0.15, 0.2) is 12.8 Å². The lowest BCUT2D eigenvalue weighted by molar-refractivity contribution is -0.0172. The molecule has 1 aliphatic heterocycles. The van der Waals surface area contributed by atoms with Crippen LogP contribution in [-0.4, -0.2) is 19.3 Å². The van der Waals surface area contributed by atoms with Crippen LogP contribution < -0.4 is 15.8 Å². The first-order valence-corrected chi connectivity index (χ1v) is 9.31. The Labute approximate surface area is 159 Å². The second-order valence-electron chi connectivity index (χ2n) is 6.46. The van der Waals surface area contributed by atoms with Gasteiger partial charge in [-0.05, 0) is 48.1 Å². The fourth-order valence-corrected chi connectivity index (χ4v) is 3.31. The Morgan fingerprint density at radius 1 is 1.19 bits per heavy atom. The molecule has 1 aliphatic rings. The Balaban J connectivity index is 1.70. The van der Waals surface area contributed by atoms with Crippen LogP contribution in [0.1, 0.15) is 36.1 Å². The van der Waals surface area contributed by atoms with Crippen molar-refractivity contribution in [2.45, 2.75) is 39.7 Å².